The number of hydrogen-bond acceptors (Lipinski definition) is 14. The van der Waals surface area contributed by atoms with Crippen molar-refractivity contribution in [3.63, 3.8) is 0 Å². The van der Waals surface area contributed by atoms with Gasteiger partial charge in [-0.1, -0.05) is 30.3 Å². The number of rotatable bonds is 17. The molecule has 0 aliphatic rings. The number of unbranched alkanes of at least 4 members (excludes halogenated alkanes) is 1. The Kier molecular flexibility index (Phi) is 19.7. The predicted octanol–water partition coefficient (Wildman–Crippen LogP) is 4.74. The molecular formula is C38H56N8O11. The number of nitrogens with one attached hydrogen (secondary N) is 3. The zero-order valence-corrected chi connectivity index (χ0v) is 34.0. The quantitative estimate of drug-likeness (QED) is 0.0952. The molecule has 3 aromatic rings. The fraction of sp³-hybridized carbons (Fsp3) is 0.553. The normalized spacial score (nSPS) is 10.9. The van der Waals surface area contributed by atoms with E-state index in [1.165, 1.54) is 22.1 Å². The average Bonchev–Trinajstić information content (AvgIpc) is 3.53. The Balaban J connectivity index is 0.000000555. The van der Waals surface area contributed by atoms with E-state index in [2.05, 4.69) is 30.9 Å². The van der Waals surface area contributed by atoms with Crippen molar-refractivity contribution in [3.8, 4) is 0 Å². The van der Waals surface area contributed by atoms with Crippen molar-refractivity contribution >= 4 is 53.1 Å². The van der Waals surface area contributed by atoms with Gasteiger partial charge in [0.2, 0.25) is 5.91 Å². The number of anilines is 1. The summed E-state index contributed by atoms with van der Waals surface area (Å²) in [6.07, 6.45) is 2.63. The summed E-state index contributed by atoms with van der Waals surface area (Å²) in [6, 6.07) is 9.19. The van der Waals surface area contributed by atoms with Crippen LogP contribution < -0.4 is 16.0 Å². The maximum atomic E-state index is 13.2. The molecule has 0 atom stereocenters. The summed E-state index contributed by atoms with van der Waals surface area (Å²) in [5.74, 6) is -1.12. The van der Waals surface area contributed by atoms with Gasteiger partial charge in [0.25, 0.3) is 0 Å². The highest BCUT2D eigenvalue weighted by Gasteiger charge is 2.22. The number of nitrogens with zero attached hydrogens (tertiary/aromatic N) is 5. The van der Waals surface area contributed by atoms with Gasteiger partial charge in [-0.3, -0.25) is 19.7 Å². The van der Waals surface area contributed by atoms with Gasteiger partial charge in [-0.15, -0.1) is 0 Å². The van der Waals surface area contributed by atoms with E-state index in [9.17, 15) is 28.8 Å². The molecular weight excluding hydrogens is 744 g/mol. The number of esters is 2. The van der Waals surface area contributed by atoms with Crippen LogP contribution in [0.15, 0.2) is 43.0 Å². The van der Waals surface area contributed by atoms with Gasteiger partial charge in [-0.2, -0.15) is 0 Å². The monoisotopic (exact) mass is 800 g/mol. The number of aromatic nitrogens is 4. The second kappa shape index (κ2) is 23.8. The van der Waals surface area contributed by atoms with Crippen LogP contribution in [0.2, 0.25) is 0 Å². The van der Waals surface area contributed by atoms with Crippen LogP contribution >= 0.6 is 0 Å². The molecule has 0 fully saturated rings. The van der Waals surface area contributed by atoms with Gasteiger partial charge >= 0.3 is 30.2 Å². The fourth-order valence-corrected chi connectivity index (χ4v) is 4.58. The number of amides is 4. The zero-order valence-electron chi connectivity index (χ0n) is 34.0. The zero-order chi connectivity index (χ0) is 42.4. The molecule has 1 aromatic carbocycles. The first-order valence-electron chi connectivity index (χ1n) is 18.6. The summed E-state index contributed by atoms with van der Waals surface area (Å²) in [4.78, 5) is 85.6. The van der Waals surface area contributed by atoms with Crippen molar-refractivity contribution in [2.75, 3.05) is 44.7 Å². The van der Waals surface area contributed by atoms with Crippen LogP contribution in [0.25, 0.3) is 11.2 Å². The van der Waals surface area contributed by atoms with Crippen LogP contribution in [-0.2, 0) is 51.2 Å². The topological polar surface area (TPSA) is 231 Å². The predicted molar refractivity (Wildman–Crippen MR) is 208 cm³/mol. The first-order chi connectivity index (χ1) is 26.9. The van der Waals surface area contributed by atoms with E-state index in [0.29, 0.717) is 26.0 Å². The van der Waals surface area contributed by atoms with Crippen LogP contribution in [0.1, 0.15) is 80.2 Å². The van der Waals surface area contributed by atoms with Crippen LogP contribution in [0.3, 0.4) is 0 Å². The number of ether oxygens (including phenoxy) is 5. The molecule has 0 saturated heterocycles. The van der Waals surface area contributed by atoms with E-state index >= 15 is 0 Å². The van der Waals surface area contributed by atoms with E-state index in [1.807, 2.05) is 51.1 Å². The van der Waals surface area contributed by atoms with Crippen molar-refractivity contribution < 1.29 is 52.5 Å². The maximum Gasteiger partial charge on any atom is 0.413 e. The van der Waals surface area contributed by atoms with Crippen molar-refractivity contribution in [2.45, 2.75) is 99.0 Å². The third-order valence-corrected chi connectivity index (χ3v) is 6.95. The molecule has 0 spiro atoms. The molecule has 314 valence electrons. The van der Waals surface area contributed by atoms with Gasteiger partial charge in [0.05, 0.1) is 19.5 Å². The summed E-state index contributed by atoms with van der Waals surface area (Å²) in [5, 5.41) is 7.74. The van der Waals surface area contributed by atoms with E-state index in [0.717, 1.165) is 12.0 Å². The van der Waals surface area contributed by atoms with Crippen molar-refractivity contribution in [1.82, 2.24) is 35.1 Å². The van der Waals surface area contributed by atoms with Crippen LogP contribution in [0.5, 0.6) is 0 Å². The van der Waals surface area contributed by atoms with Crippen molar-refractivity contribution in [1.29, 1.82) is 0 Å². The summed E-state index contributed by atoms with van der Waals surface area (Å²) in [6.45, 7) is 14.8. The molecule has 3 rings (SSSR count). The van der Waals surface area contributed by atoms with Crippen molar-refractivity contribution in [2.24, 2.45) is 0 Å². The minimum atomic E-state index is -0.729. The lowest BCUT2D eigenvalue weighted by molar-refractivity contribution is -0.149. The second-order valence-corrected chi connectivity index (χ2v) is 14.2. The minimum absolute atomic E-state index is 0.0264. The van der Waals surface area contributed by atoms with E-state index < -0.39 is 41.4 Å². The smallest absolute Gasteiger partial charge is 0.413 e. The molecule has 0 radical (unpaired) electrons. The molecule has 57 heavy (non-hydrogen) atoms. The molecule has 2 aromatic heterocycles. The van der Waals surface area contributed by atoms with Gasteiger partial charge < -0.3 is 43.8 Å². The number of benzene rings is 1. The molecule has 2 heterocycles. The first kappa shape index (κ1) is 47.1. The Bertz CT molecular complexity index is 1750. The Morgan fingerprint density at radius 3 is 1.96 bits per heavy atom. The Hall–Kier alpha value is -6.01. The summed E-state index contributed by atoms with van der Waals surface area (Å²) in [5.41, 5.74) is 0.193. The molecule has 0 unspecified atom stereocenters. The lowest BCUT2D eigenvalue weighted by Crippen LogP contribution is -2.43. The molecule has 0 bridgehead atoms. The first-order valence-corrected chi connectivity index (χ1v) is 18.6. The van der Waals surface area contributed by atoms with E-state index in [1.54, 1.807) is 34.6 Å². The van der Waals surface area contributed by atoms with E-state index in [4.69, 9.17) is 23.7 Å². The Morgan fingerprint density at radius 2 is 1.35 bits per heavy atom. The van der Waals surface area contributed by atoms with Crippen LogP contribution in [-0.4, -0.2) is 111 Å². The number of alkyl carbamates (subject to hydrolysis) is 2. The summed E-state index contributed by atoms with van der Waals surface area (Å²) >= 11 is 0. The molecule has 19 heteroatoms. The Labute approximate surface area is 332 Å². The number of carbonyl (C=O) groups is 6. The second-order valence-electron chi connectivity index (χ2n) is 14.2. The van der Waals surface area contributed by atoms with Gasteiger partial charge in [0.15, 0.2) is 17.0 Å². The van der Waals surface area contributed by atoms with E-state index in [-0.39, 0.29) is 62.3 Å². The van der Waals surface area contributed by atoms with Crippen LogP contribution in [0, 0.1) is 0 Å². The lowest BCUT2D eigenvalue weighted by atomic mass is 10.2. The molecule has 0 saturated carbocycles. The number of imidazole rings is 1. The van der Waals surface area contributed by atoms with Gasteiger partial charge in [0.1, 0.15) is 37.2 Å². The molecule has 0 aliphatic carbocycles. The van der Waals surface area contributed by atoms with Crippen LogP contribution in [0.4, 0.5) is 20.2 Å². The molecule has 19 nitrogen and oxygen atoms in total. The van der Waals surface area contributed by atoms with Gasteiger partial charge in [-0.25, -0.2) is 29.3 Å². The lowest BCUT2D eigenvalue weighted by Gasteiger charge is -2.23. The molecule has 0 aliphatic heterocycles. The summed E-state index contributed by atoms with van der Waals surface area (Å²) in [7, 11) is 0. The summed E-state index contributed by atoms with van der Waals surface area (Å²) < 4.78 is 26.7. The van der Waals surface area contributed by atoms with Crippen molar-refractivity contribution in [3.05, 3.63) is 48.5 Å². The Morgan fingerprint density at radius 1 is 0.737 bits per heavy atom. The SMILES string of the molecule is CCOC(=O)CCCCNC(=O)OC(C)(C)C.CCOC(=O)CN(CCNC(=O)OC(C)(C)C)C(=O)Cn1cnc2c(NC(=O)OCc3ccccc3)ncnc21. The van der Waals surface area contributed by atoms with Gasteiger partial charge in [-0.05, 0) is 73.8 Å². The largest absolute Gasteiger partial charge is 0.466 e. The number of hydrogen-bond donors (Lipinski definition) is 3. The van der Waals surface area contributed by atoms with Gasteiger partial charge in [0, 0.05) is 26.1 Å². The maximum absolute atomic E-state index is 13.2. The fourth-order valence-electron chi connectivity index (χ4n) is 4.58. The highest BCUT2D eigenvalue weighted by atomic mass is 16.6. The number of fused-ring (bicyclic) bond motifs is 1. The third-order valence-electron chi connectivity index (χ3n) is 6.95. The minimum Gasteiger partial charge on any atom is -0.466 e. The highest BCUT2D eigenvalue weighted by Crippen LogP contribution is 2.18. The number of carbonyl (C=O) groups excluding carboxylic acids is 6. The average molecular weight is 801 g/mol. The molecule has 4 amide bonds. The standard InChI is InChI=1S/C26H33N7O7.C12H23NO4/c1-5-38-20(35)14-32(12-11-27-24(36)40-26(2,3)4)19(34)13-33-17-30-21-22(28-16-29-23(21)33)31-25(37)39-15-18-9-7-6-8-10-18;1-5-16-10(14)8-6-7-9-13-11(15)17-12(2,3)4/h6-10,16-17H,5,11-15H2,1-4H3,(H,27,36)(H,28,29,31,37);5-9H2,1-4H3,(H,13,15). The highest BCUT2D eigenvalue weighted by molar-refractivity contribution is 5.93. The third kappa shape index (κ3) is 19.9. The molecule has 3 N–H and O–H groups in total.